The standard InChI is InChI=1S/C3H6ClNO2.Cs/c1-5-2-3(6)7-4;/h2,5-6H,1H3;/q;+1/p-1/b3-2-;. The maximum absolute atomic E-state index is 9.94. The third-order valence-corrected chi connectivity index (χ3v) is 0.490. The van der Waals surface area contributed by atoms with Crippen LogP contribution in [0.2, 0.25) is 0 Å². The molecular weight excluding hydrogens is 250 g/mol. The second-order valence-corrected chi connectivity index (χ2v) is 0.984. The normalized spacial score (nSPS) is 9.50. The molecule has 0 amide bonds. The molecule has 0 aliphatic carbocycles. The van der Waals surface area contributed by atoms with E-state index in [0.29, 0.717) is 0 Å². The largest absolute Gasteiger partial charge is 1.00 e. The molecule has 0 heterocycles. The summed E-state index contributed by atoms with van der Waals surface area (Å²) < 4.78 is 3.71. The van der Waals surface area contributed by atoms with E-state index in [9.17, 15) is 5.11 Å². The molecule has 0 aliphatic heterocycles. The van der Waals surface area contributed by atoms with Gasteiger partial charge in [0.1, 0.15) is 0 Å². The minimum Gasteiger partial charge on any atom is -0.544 e. The number of halogens is 1. The van der Waals surface area contributed by atoms with Gasteiger partial charge in [0.2, 0.25) is 0 Å². The quantitative estimate of drug-likeness (QED) is 0.522. The molecule has 0 radical (unpaired) electrons. The first kappa shape index (κ1) is 12.2. The molecule has 0 aromatic rings. The van der Waals surface area contributed by atoms with Gasteiger partial charge < -0.3 is 14.7 Å². The molecule has 8 heavy (non-hydrogen) atoms. The summed E-state index contributed by atoms with van der Waals surface area (Å²) in [6.07, 6.45) is 1.10. The summed E-state index contributed by atoms with van der Waals surface area (Å²) in [5.41, 5.74) is 0. The first-order chi connectivity index (χ1) is 3.31. The van der Waals surface area contributed by atoms with Gasteiger partial charge in [-0.25, -0.2) is 0 Å². The molecule has 5 heteroatoms. The summed E-state index contributed by atoms with van der Waals surface area (Å²) in [7, 11) is 1.58. The molecule has 0 unspecified atom stereocenters. The van der Waals surface area contributed by atoms with Crippen molar-refractivity contribution in [3.8, 4) is 0 Å². The van der Waals surface area contributed by atoms with Gasteiger partial charge >= 0.3 is 68.9 Å². The van der Waals surface area contributed by atoms with E-state index in [1.54, 1.807) is 7.05 Å². The predicted octanol–water partition coefficient (Wildman–Crippen LogP) is -3.46. The van der Waals surface area contributed by atoms with Crippen LogP contribution in [-0.4, -0.2) is 7.05 Å². The van der Waals surface area contributed by atoms with E-state index >= 15 is 0 Å². The van der Waals surface area contributed by atoms with Crippen molar-refractivity contribution in [1.29, 1.82) is 0 Å². The average Bonchev–Trinajstić information content (AvgIpc) is 1.68. The monoisotopic (exact) mass is 255 g/mol. The Balaban J connectivity index is 0. The number of hydrogen-bond acceptors (Lipinski definition) is 3. The Hall–Kier alpha value is 1.48. The summed E-state index contributed by atoms with van der Waals surface area (Å²) in [6, 6.07) is 0. The maximum Gasteiger partial charge on any atom is 1.00 e. The molecule has 3 nitrogen and oxygen atoms in total. The first-order valence-corrected chi connectivity index (χ1v) is 1.95. The number of rotatable bonds is 2. The third-order valence-electron chi connectivity index (χ3n) is 0.338. The van der Waals surface area contributed by atoms with Crippen LogP contribution in [0.15, 0.2) is 12.1 Å². The van der Waals surface area contributed by atoms with Crippen LogP contribution in [0.3, 0.4) is 0 Å². The second kappa shape index (κ2) is 8.48. The predicted molar refractivity (Wildman–Crippen MR) is 24.1 cm³/mol. The molecule has 0 saturated heterocycles. The van der Waals surface area contributed by atoms with Gasteiger partial charge in [-0.2, -0.15) is 0 Å². The van der Waals surface area contributed by atoms with Crippen molar-refractivity contribution < 1.29 is 78.3 Å². The summed E-state index contributed by atoms with van der Waals surface area (Å²) in [5, 5.41) is 12.4. The molecule has 0 spiro atoms. The second-order valence-electron chi connectivity index (χ2n) is 0.829. The molecule has 0 atom stereocenters. The van der Waals surface area contributed by atoms with Gasteiger partial charge in [-0.05, 0) is 11.9 Å². The third kappa shape index (κ3) is 7.48. The van der Waals surface area contributed by atoms with Crippen LogP contribution in [0.1, 0.15) is 0 Å². The van der Waals surface area contributed by atoms with Crippen molar-refractivity contribution in [2.24, 2.45) is 0 Å². The van der Waals surface area contributed by atoms with E-state index in [-0.39, 0.29) is 68.9 Å². The fraction of sp³-hybridized carbons (Fsp3) is 0.333. The van der Waals surface area contributed by atoms with E-state index in [2.05, 4.69) is 21.5 Å². The van der Waals surface area contributed by atoms with Crippen molar-refractivity contribution in [3.63, 3.8) is 0 Å². The van der Waals surface area contributed by atoms with E-state index in [1.807, 2.05) is 0 Å². The fourth-order valence-electron chi connectivity index (χ4n) is 0.140. The molecule has 0 saturated carbocycles. The van der Waals surface area contributed by atoms with Crippen molar-refractivity contribution in [3.05, 3.63) is 12.1 Å². The topological polar surface area (TPSA) is 44.3 Å². The van der Waals surface area contributed by atoms with Crippen LogP contribution >= 0.6 is 11.9 Å². The van der Waals surface area contributed by atoms with Gasteiger partial charge in [-0.1, -0.05) is 0 Å². The van der Waals surface area contributed by atoms with Crippen LogP contribution in [0.5, 0.6) is 0 Å². The van der Waals surface area contributed by atoms with E-state index in [0.717, 1.165) is 6.20 Å². The van der Waals surface area contributed by atoms with Gasteiger partial charge in [0.25, 0.3) is 0 Å². The zero-order valence-corrected chi connectivity index (χ0v) is 11.8. The summed E-state index contributed by atoms with van der Waals surface area (Å²) in [4.78, 5) is 0. The molecule has 0 fully saturated rings. The Morgan fingerprint density at radius 3 is 2.50 bits per heavy atom. The van der Waals surface area contributed by atoms with Crippen LogP contribution in [0.25, 0.3) is 0 Å². The van der Waals surface area contributed by atoms with Gasteiger partial charge in [0, 0.05) is 13.2 Å². The zero-order chi connectivity index (χ0) is 5.70. The minimum absolute atomic E-state index is 0. The van der Waals surface area contributed by atoms with Gasteiger partial charge in [-0.3, -0.25) is 0 Å². The molecule has 0 bridgehead atoms. The Labute approximate surface area is 112 Å². The molecule has 0 aromatic heterocycles. The van der Waals surface area contributed by atoms with Gasteiger partial charge in [0.05, 0.1) is 5.95 Å². The van der Waals surface area contributed by atoms with Gasteiger partial charge in [0.15, 0.2) is 0 Å². The first-order valence-electron chi connectivity index (χ1n) is 1.64. The minimum atomic E-state index is -0.593. The molecule has 0 rings (SSSR count). The molecular formula is C3H5ClCsNO2. The molecule has 1 N–H and O–H groups in total. The van der Waals surface area contributed by atoms with Crippen molar-refractivity contribution in [2.75, 3.05) is 7.05 Å². The Kier molecular flexibility index (Phi) is 12.9. The summed E-state index contributed by atoms with van der Waals surface area (Å²) >= 11 is 4.61. The van der Waals surface area contributed by atoms with E-state index in [4.69, 9.17) is 0 Å². The van der Waals surface area contributed by atoms with Crippen molar-refractivity contribution in [2.45, 2.75) is 0 Å². The number of nitrogens with one attached hydrogen (secondary N) is 1. The van der Waals surface area contributed by atoms with Crippen LogP contribution in [-0.2, 0) is 4.29 Å². The van der Waals surface area contributed by atoms with Crippen molar-refractivity contribution >= 4 is 11.9 Å². The molecule has 0 aliphatic rings. The summed E-state index contributed by atoms with van der Waals surface area (Å²) in [6.45, 7) is 0. The van der Waals surface area contributed by atoms with Crippen LogP contribution in [0, 0.1) is 0 Å². The molecule has 0 aromatic carbocycles. The zero-order valence-electron chi connectivity index (χ0n) is 4.77. The van der Waals surface area contributed by atoms with Crippen molar-refractivity contribution in [1.82, 2.24) is 5.32 Å². The van der Waals surface area contributed by atoms with Crippen LogP contribution in [0.4, 0.5) is 0 Å². The molecule has 42 valence electrons. The summed E-state index contributed by atoms with van der Waals surface area (Å²) in [5.74, 6) is -0.593. The average molecular weight is 255 g/mol. The fourth-order valence-corrected chi connectivity index (χ4v) is 0.185. The van der Waals surface area contributed by atoms with Crippen LogP contribution < -0.4 is 79.3 Å². The van der Waals surface area contributed by atoms with E-state index in [1.165, 1.54) is 0 Å². The Morgan fingerprint density at radius 1 is 1.88 bits per heavy atom. The number of hydrogen-bond donors (Lipinski definition) is 1. The van der Waals surface area contributed by atoms with E-state index < -0.39 is 5.95 Å². The maximum atomic E-state index is 9.94. The van der Waals surface area contributed by atoms with Gasteiger partial charge in [-0.15, -0.1) is 0 Å². The Bertz CT molecular complexity index is 77.7. The smallest absolute Gasteiger partial charge is 0.544 e. The SMILES string of the molecule is CN/C=C(/[O-])OCl.[Cs+]. The Morgan fingerprint density at radius 2 is 2.38 bits per heavy atom.